The molecule has 1 heterocycles. The molecule has 3 aromatic rings. The number of rotatable bonds is 8. The molecule has 212 valence electrons. The van der Waals surface area contributed by atoms with Crippen LogP contribution in [0.25, 0.3) is 11.1 Å². The molecule has 0 radical (unpaired) electrons. The minimum atomic E-state index is -0.760. The van der Waals surface area contributed by atoms with E-state index in [4.69, 9.17) is 14.2 Å². The van der Waals surface area contributed by atoms with Crippen LogP contribution in [0.15, 0.2) is 42.6 Å². The van der Waals surface area contributed by atoms with Crippen molar-refractivity contribution in [2.45, 2.75) is 64.6 Å². The van der Waals surface area contributed by atoms with Gasteiger partial charge >= 0.3 is 5.97 Å². The van der Waals surface area contributed by atoms with Crippen molar-refractivity contribution in [3.05, 3.63) is 76.5 Å². The van der Waals surface area contributed by atoms with Crippen molar-refractivity contribution >= 4 is 5.97 Å². The van der Waals surface area contributed by atoms with Crippen LogP contribution < -0.4 is 9.47 Å². The highest BCUT2D eigenvalue weighted by Crippen LogP contribution is 2.60. The summed E-state index contributed by atoms with van der Waals surface area (Å²) in [7, 11) is 3.01. The Balaban J connectivity index is 1.50. The van der Waals surface area contributed by atoms with Gasteiger partial charge in [0.05, 0.1) is 25.3 Å². The second-order valence-corrected chi connectivity index (χ2v) is 11.9. The van der Waals surface area contributed by atoms with Gasteiger partial charge in [-0.05, 0) is 77.6 Å². The molecule has 1 spiro atoms. The molecule has 8 heteroatoms. The summed E-state index contributed by atoms with van der Waals surface area (Å²) in [6, 6.07) is 10.2. The fourth-order valence-electron chi connectivity index (χ4n) is 6.30. The molecule has 0 amide bonds. The van der Waals surface area contributed by atoms with Gasteiger partial charge < -0.3 is 19.3 Å². The SMILES string of the molecule is COc1cc(-c2cc(F)c(COc3ccc4c(c3)[C@]3(CCC4)C[C@H]3C(=O)O)cc2[C@@H](OC)C(C)(C)C)c(F)cn1. The Bertz CT molecular complexity index is 1450. The summed E-state index contributed by atoms with van der Waals surface area (Å²) >= 11 is 0. The van der Waals surface area contributed by atoms with E-state index < -0.39 is 23.7 Å². The standard InChI is InChI=1S/C32H35F2NO5/c1-31(2,3)29(39-5)23-11-19(26(33)13-21(23)22-14-28(38-4)35-16-27(22)34)17-40-20-9-8-18-7-6-10-32(24(18)12-20)15-25(32)30(36)37/h8-9,11-14,16,25,29H,6-7,10,15,17H2,1-5H3,(H,36,37)/t25-,29+,32-/m0/s1. The fourth-order valence-corrected chi connectivity index (χ4v) is 6.30. The molecular formula is C32H35F2NO5. The van der Waals surface area contributed by atoms with Crippen LogP contribution in [0.3, 0.4) is 0 Å². The minimum Gasteiger partial charge on any atom is -0.489 e. The maximum Gasteiger partial charge on any atom is 0.307 e. The Labute approximate surface area is 233 Å². The second kappa shape index (κ2) is 10.5. The maximum atomic E-state index is 15.6. The van der Waals surface area contributed by atoms with Crippen molar-refractivity contribution in [2.24, 2.45) is 11.3 Å². The van der Waals surface area contributed by atoms with Crippen LogP contribution in [-0.4, -0.2) is 30.3 Å². The summed E-state index contributed by atoms with van der Waals surface area (Å²) in [5, 5.41) is 9.63. The van der Waals surface area contributed by atoms with E-state index in [9.17, 15) is 14.3 Å². The highest BCUT2D eigenvalue weighted by Gasteiger charge is 2.60. The number of hydrogen-bond donors (Lipinski definition) is 1. The highest BCUT2D eigenvalue weighted by atomic mass is 19.1. The van der Waals surface area contributed by atoms with E-state index in [0.29, 0.717) is 28.9 Å². The number of carboxylic acid groups (broad SMARTS) is 1. The smallest absolute Gasteiger partial charge is 0.307 e. The lowest BCUT2D eigenvalue weighted by Gasteiger charge is -2.32. The van der Waals surface area contributed by atoms with Crippen LogP contribution in [0.5, 0.6) is 11.6 Å². The number of methoxy groups -OCH3 is 2. The molecule has 0 aliphatic heterocycles. The van der Waals surface area contributed by atoms with E-state index in [-0.39, 0.29) is 34.8 Å². The Morgan fingerprint density at radius 1 is 1.12 bits per heavy atom. The molecule has 1 aromatic heterocycles. The Hall–Kier alpha value is -3.52. The predicted molar refractivity (Wildman–Crippen MR) is 146 cm³/mol. The molecule has 6 nitrogen and oxygen atoms in total. The zero-order valence-corrected chi connectivity index (χ0v) is 23.5. The van der Waals surface area contributed by atoms with Gasteiger partial charge in [-0.3, -0.25) is 4.79 Å². The zero-order chi connectivity index (χ0) is 28.8. The van der Waals surface area contributed by atoms with E-state index in [1.165, 1.54) is 19.2 Å². The monoisotopic (exact) mass is 551 g/mol. The van der Waals surface area contributed by atoms with Crippen molar-refractivity contribution in [3.63, 3.8) is 0 Å². The van der Waals surface area contributed by atoms with Crippen molar-refractivity contribution in [1.82, 2.24) is 4.98 Å². The summed E-state index contributed by atoms with van der Waals surface area (Å²) in [5.74, 6) is -1.50. The summed E-state index contributed by atoms with van der Waals surface area (Å²) in [5.41, 5.74) is 2.92. The number of benzene rings is 2. The Kier molecular flexibility index (Phi) is 7.33. The Morgan fingerprint density at radius 2 is 1.90 bits per heavy atom. The summed E-state index contributed by atoms with van der Waals surface area (Å²) in [6.45, 7) is 5.94. The highest BCUT2D eigenvalue weighted by molar-refractivity contribution is 5.78. The first-order valence-electron chi connectivity index (χ1n) is 13.5. The van der Waals surface area contributed by atoms with Crippen LogP contribution in [0.4, 0.5) is 8.78 Å². The number of aliphatic carboxylic acids is 1. The molecule has 1 N–H and O–H groups in total. The molecule has 2 aliphatic rings. The van der Waals surface area contributed by atoms with Crippen LogP contribution in [0, 0.1) is 23.0 Å². The molecule has 1 saturated carbocycles. The number of fused-ring (bicyclic) bond motifs is 2. The topological polar surface area (TPSA) is 77.9 Å². The number of pyridine rings is 1. The fraction of sp³-hybridized carbons (Fsp3) is 0.438. The lowest BCUT2D eigenvalue weighted by molar-refractivity contribution is -0.139. The van der Waals surface area contributed by atoms with Crippen molar-refractivity contribution < 1.29 is 32.9 Å². The number of carboxylic acids is 1. The number of carbonyl (C=O) groups is 1. The van der Waals surface area contributed by atoms with E-state index in [1.807, 2.05) is 39.0 Å². The second-order valence-electron chi connectivity index (χ2n) is 11.9. The quantitative estimate of drug-likeness (QED) is 0.324. The van der Waals surface area contributed by atoms with Gasteiger partial charge in [-0.15, -0.1) is 0 Å². The summed E-state index contributed by atoms with van der Waals surface area (Å²) in [4.78, 5) is 15.6. The molecule has 3 atom stereocenters. The van der Waals surface area contributed by atoms with Crippen molar-refractivity contribution in [1.29, 1.82) is 0 Å². The van der Waals surface area contributed by atoms with Crippen molar-refractivity contribution in [2.75, 3.05) is 14.2 Å². The molecule has 0 bridgehead atoms. The van der Waals surface area contributed by atoms with Gasteiger partial charge in [0, 0.05) is 29.7 Å². The van der Waals surface area contributed by atoms with Gasteiger partial charge in [0.15, 0.2) is 0 Å². The molecular weight excluding hydrogens is 516 g/mol. The average molecular weight is 552 g/mol. The van der Waals surface area contributed by atoms with Crippen LogP contribution in [0.1, 0.15) is 68.4 Å². The third-order valence-electron chi connectivity index (χ3n) is 8.31. The Morgan fingerprint density at radius 3 is 2.55 bits per heavy atom. The third kappa shape index (κ3) is 5.05. The van der Waals surface area contributed by atoms with E-state index in [2.05, 4.69) is 4.98 Å². The van der Waals surface area contributed by atoms with Crippen LogP contribution >= 0.6 is 0 Å². The molecule has 1 fully saturated rings. The molecule has 0 saturated heterocycles. The predicted octanol–water partition coefficient (Wildman–Crippen LogP) is 7.03. The summed E-state index contributed by atoms with van der Waals surface area (Å²) < 4.78 is 47.7. The van der Waals surface area contributed by atoms with Gasteiger partial charge in [0.2, 0.25) is 5.88 Å². The number of aryl methyl sites for hydroxylation is 1. The number of ether oxygens (including phenoxy) is 3. The largest absolute Gasteiger partial charge is 0.489 e. The van der Waals surface area contributed by atoms with Crippen LogP contribution in [0.2, 0.25) is 0 Å². The summed E-state index contributed by atoms with van der Waals surface area (Å²) in [6.07, 6.45) is 3.94. The van der Waals surface area contributed by atoms with Gasteiger partial charge in [-0.1, -0.05) is 26.8 Å². The molecule has 2 aliphatic carbocycles. The molecule has 5 rings (SSSR count). The average Bonchev–Trinajstić information content (AvgIpc) is 3.64. The maximum absolute atomic E-state index is 15.6. The normalized spacial score (nSPS) is 20.6. The van der Waals surface area contributed by atoms with Gasteiger partial charge in [0.25, 0.3) is 0 Å². The number of aromatic nitrogens is 1. The minimum absolute atomic E-state index is 0.0595. The van der Waals surface area contributed by atoms with Gasteiger partial charge in [-0.2, -0.15) is 0 Å². The molecule has 2 aromatic carbocycles. The first kappa shape index (κ1) is 28.0. The van der Waals surface area contributed by atoms with E-state index >= 15 is 4.39 Å². The van der Waals surface area contributed by atoms with Gasteiger partial charge in [-0.25, -0.2) is 13.8 Å². The van der Waals surface area contributed by atoms with E-state index in [0.717, 1.165) is 36.6 Å². The first-order chi connectivity index (χ1) is 19.0. The number of hydrogen-bond acceptors (Lipinski definition) is 5. The van der Waals surface area contributed by atoms with Crippen LogP contribution in [-0.2, 0) is 28.0 Å². The number of halogens is 2. The first-order valence-corrected chi connectivity index (χ1v) is 13.5. The molecule has 40 heavy (non-hydrogen) atoms. The lowest BCUT2D eigenvalue weighted by Crippen LogP contribution is -2.22. The van der Waals surface area contributed by atoms with E-state index in [1.54, 1.807) is 13.2 Å². The third-order valence-corrected chi connectivity index (χ3v) is 8.31. The van der Waals surface area contributed by atoms with Crippen molar-refractivity contribution in [3.8, 4) is 22.8 Å². The van der Waals surface area contributed by atoms with Gasteiger partial charge in [0.1, 0.15) is 24.0 Å². The molecule has 0 unspecified atom stereocenters. The lowest BCUT2D eigenvalue weighted by atomic mass is 9.78. The zero-order valence-electron chi connectivity index (χ0n) is 23.5. The number of nitrogens with zero attached hydrogens (tertiary/aromatic N) is 1.